The van der Waals surface area contributed by atoms with E-state index >= 15 is 0 Å². The molecule has 2 atom stereocenters. The van der Waals surface area contributed by atoms with Gasteiger partial charge >= 0.3 is 12.1 Å². The lowest BCUT2D eigenvalue weighted by Gasteiger charge is -2.34. The second-order valence-corrected chi connectivity index (χ2v) is 9.94. The Labute approximate surface area is 213 Å². The molecule has 36 heavy (non-hydrogen) atoms. The number of methoxy groups -OCH3 is 1. The molecule has 1 aromatic rings. The third-order valence-corrected chi connectivity index (χ3v) is 5.36. The topological polar surface area (TPSA) is 138 Å². The van der Waals surface area contributed by atoms with Gasteiger partial charge in [-0.1, -0.05) is 32.0 Å². The Bertz CT molecular complexity index is 993. The fraction of sp³-hybridized carbons (Fsp3) is 0.577. The Morgan fingerprint density at radius 2 is 1.78 bits per heavy atom. The van der Waals surface area contributed by atoms with Crippen LogP contribution in [0.2, 0.25) is 0 Å². The lowest BCUT2D eigenvalue weighted by molar-refractivity contribution is -0.144. The van der Waals surface area contributed by atoms with Crippen LogP contribution >= 0.6 is 0 Å². The quantitative estimate of drug-likeness (QED) is 0.371. The summed E-state index contributed by atoms with van der Waals surface area (Å²) in [4.78, 5) is 52.5. The number of amides is 3. The molecular weight excluding hydrogens is 464 g/mol. The van der Waals surface area contributed by atoms with Crippen LogP contribution in [0.3, 0.4) is 0 Å². The van der Waals surface area contributed by atoms with Crippen LogP contribution < -0.4 is 10.6 Å². The van der Waals surface area contributed by atoms with Gasteiger partial charge in [-0.05, 0) is 63.6 Å². The zero-order chi connectivity index (χ0) is 27.6. The first kappa shape index (κ1) is 30.4. The van der Waals surface area contributed by atoms with Crippen molar-refractivity contribution >= 4 is 23.9 Å². The number of hydrogen-bond acceptors (Lipinski definition) is 7. The average molecular weight is 503 g/mol. The van der Waals surface area contributed by atoms with Gasteiger partial charge in [0.15, 0.2) is 0 Å². The van der Waals surface area contributed by atoms with Crippen LogP contribution in [0, 0.1) is 31.1 Å². The predicted molar refractivity (Wildman–Crippen MR) is 134 cm³/mol. The molecule has 0 saturated carbocycles. The molecule has 0 aliphatic rings. The maximum Gasteiger partial charge on any atom is 0.408 e. The minimum absolute atomic E-state index is 0.00475. The number of rotatable bonds is 10. The van der Waals surface area contributed by atoms with Crippen molar-refractivity contribution in [3.63, 3.8) is 0 Å². The molecule has 198 valence electrons. The molecule has 0 bridgehead atoms. The van der Waals surface area contributed by atoms with Crippen LogP contribution in [-0.4, -0.2) is 60.6 Å². The number of carbonyl (C=O) groups is 4. The zero-order valence-corrected chi connectivity index (χ0v) is 22.4. The molecule has 0 spiro atoms. The molecule has 0 aliphatic carbocycles. The van der Waals surface area contributed by atoms with Gasteiger partial charge in [0, 0.05) is 0 Å². The number of ether oxygens (including phenoxy) is 2. The van der Waals surface area contributed by atoms with Crippen molar-refractivity contribution in [3.8, 4) is 6.07 Å². The highest BCUT2D eigenvalue weighted by Crippen LogP contribution is 2.27. The number of aryl methyl sites for hydroxylation is 1. The van der Waals surface area contributed by atoms with Gasteiger partial charge in [0.25, 0.3) is 0 Å². The maximum atomic E-state index is 13.8. The summed E-state index contributed by atoms with van der Waals surface area (Å²) in [5.74, 6) is -1.93. The Morgan fingerprint density at radius 3 is 2.31 bits per heavy atom. The fourth-order valence-electron chi connectivity index (χ4n) is 3.56. The van der Waals surface area contributed by atoms with E-state index in [0.717, 1.165) is 16.0 Å². The summed E-state index contributed by atoms with van der Waals surface area (Å²) in [5.41, 5.74) is 1.36. The largest absolute Gasteiger partial charge is 0.468 e. The number of nitrogens with zero attached hydrogens (tertiary/aromatic N) is 2. The van der Waals surface area contributed by atoms with Gasteiger partial charge in [-0.15, -0.1) is 0 Å². The van der Waals surface area contributed by atoms with Gasteiger partial charge in [0.1, 0.15) is 30.8 Å². The Morgan fingerprint density at radius 1 is 1.14 bits per heavy atom. The second kappa shape index (κ2) is 13.5. The number of nitriles is 1. The summed E-state index contributed by atoms with van der Waals surface area (Å²) in [6.07, 6.45) is -0.527. The Kier molecular flexibility index (Phi) is 11.4. The molecule has 0 heterocycles. The van der Waals surface area contributed by atoms with Crippen molar-refractivity contribution in [2.45, 2.75) is 72.6 Å². The predicted octanol–water partition coefficient (Wildman–Crippen LogP) is 2.93. The molecule has 0 aliphatic heterocycles. The Balaban J connectivity index is 3.52. The van der Waals surface area contributed by atoms with E-state index in [-0.39, 0.29) is 12.3 Å². The standard InChI is InChI=1S/C26H38N4O6/c1-16(2)14-20(29-25(34)36-26(5,6)7)24(33)30(13-12-27)22(23(32)28-15-21(31)35-8)19-11-9-10-17(3)18(19)4/h9-11,16,20,22H,13-15H2,1-8H3,(H,28,32)(H,29,34). The van der Waals surface area contributed by atoms with Gasteiger partial charge in [-0.25, -0.2) is 4.79 Å². The van der Waals surface area contributed by atoms with Gasteiger partial charge in [-0.3, -0.25) is 14.4 Å². The van der Waals surface area contributed by atoms with Crippen molar-refractivity contribution in [1.29, 1.82) is 5.26 Å². The van der Waals surface area contributed by atoms with Crippen molar-refractivity contribution in [2.24, 2.45) is 5.92 Å². The molecular formula is C26H38N4O6. The lowest BCUT2D eigenvalue weighted by atomic mass is 9.94. The van der Waals surface area contributed by atoms with E-state index < -0.39 is 54.7 Å². The van der Waals surface area contributed by atoms with E-state index in [2.05, 4.69) is 15.4 Å². The third kappa shape index (κ3) is 9.21. The number of carbonyl (C=O) groups excluding carboxylic acids is 4. The zero-order valence-electron chi connectivity index (χ0n) is 22.4. The van der Waals surface area contributed by atoms with E-state index in [0.29, 0.717) is 5.56 Å². The van der Waals surface area contributed by atoms with Crippen molar-refractivity contribution in [2.75, 3.05) is 20.2 Å². The number of benzene rings is 1. The van der Waals surface area contributed by atoms with Gasteiger partial charge < -0.3 is 25.0 Å². The van der Waals surface area contributed by atoms with Crippen molar-refractivity contribution in [3.05, 3.63) is 34.9 Å². The van der Waals surface area contributed by atoms with E-state index in [4.69, 9.17) is 4.74 Å². The van der Waals surface area contributed by atoms with Crippen molar-refractivity contribution in [1.82, 2.24) is 15.5 Å². The number of hydrogen-bond donors (Lipinski definition) is 2. The van der Waals surface area contributed by atoms with E-state index in [9.17, 15) is 24.4 Å². The summed E-state index contributed by atoms with van der Waals surface area (Å²) in [6.45, 7) is 11.7. The number of nitrogens with one attached hydrogen (secondary N) is 2. The minimum Gasteiger partial charge on any atom is -0.468 e. The van der Waals surface area contributed by atoms with Crippen LogP contribution in [0.25, 0.3) is 0 Å². The molecule has 2 N–H and O–H groups in total. The van der Waals surface area contributed by atoms with E-state index in [1.54, 1.807) is 32.9 Å². The summed E-state index contributed by atoms with van der Waals surface area (Å²) in [6, 6.07) is 4.99. The van der Waals surface area contributed by atoms with Gasteiger partial charge in [-0.2, -0.15) is 5.26 Å². The van der Waals surface area contributed by atoms with E-state index in [1.807, 2.05) is 39.8 Å². The summed E-state index contributed by atoms with van der Waals surface area (Å²) < 4.78 is 9.93. The minimum atomic E-state index is -1.23. The maximum absolute atomic E-state index is 13.8. The van der Waals surface area contributed by atoms with Gasteiger partial charge in [0.2, 0.25) is 11.8 Å². The SMILES string of the molecule is COC(=O)CNC(=O)C(c1cccc(C)c1C)N(CC#N)C(=O)C(CC(C)C)NC(=O)OC(C)(C)C. The number of esters is 1. The van der Waals surface area contributed by atoms with Crippen LogP contribution in [0.15, 0.2) is 18.2 Å². The Hall–Kier alpha value is -3.61. The van der Waals surface area contributed by atoms with Gasteiger partial charge in [0.05, 0.1) is 13.2 Å². The monoisotopic (exact) mass is 502 g/mol. The molecule has 1 rings (SSSR count). The average Bonchev–Trinajstić information content (AvgIpc) is 2.77. The first-order valence-electron chi connectivity index (χ1n) is 11.8. The van der Waals surface area contributed by atoms with Crippen LogP contribution in [-0.2, 0) is 23.9 Å². The van der Waals surface area contributed by atoms with Crippen molar-refractivity contribution < 1.29 is 28.7 Å². The smallest absolute Gasteiger partial charge is 0.408 e. The normalized spacial score (nSPS) is 12.7. The molecule has 0 fully saturated rings. The summed E-state index contributed by atoms with van der Waals surface area (Å²) >= 11 is 0. The highest BCUT2D eigenvalue weighted by atomic mass is 16.6. The third-order valence-electron chi connectivity index (χ3n) is 5.36. The summed E-state index contributed by atoms with van der Waals surface area (Å²) in [7, 11) is 1.20. The highest BCUT2D eigenvalue weighted by Gasteiger charge is 2.37. The lowest BCUT2D eigenvalue weighted by Crippen LogP contribution is -2.53. The number of alkyl carbamates (subject to hydrolysis) is 1. The van der Waals surface area contributed by atoms with Crippen LogP contribution in [0.5, 0.6) is 0 Å². The molecule has 2 unspecified atom stereocenters. The fourth-order valence-corrected chi connectivity index (χ4v) is 3.56. The molecule has 1 aromatic carbocycles. The molecule has 10 nitrogen and oxygen atoms in total. The summed E-state index contributed by atoms with van der Waals surface area (Å²) in [5, 5.41) is 14.7. The first-order valence-corrected chi connectivity index (χ1v) is 11.8. The second-order valence-electron chi connectivity index (χ2n) is 9.94. The molecule has 0 radical (unpaired) electrons. The van der Waals surface area contributed by atoms with Crippen LogP contribution in [0.1, 0.15) is 63.8 Å². The molecule has 0 aromatic heterocycles. The highest BCUT2D eigenvalue weighted by molar-refractivity contribution is 5.93. The van der Waals surface area contributed by atoms with E-state index in [1.165, 1.54) is 7.11 Å². The molecule has 10 heteroatoms. The van der Waals surface area contributed by atoms with Crippen LogP contribution in [0.4, 0.5) is 4.79 Å². The molecule has 3 amide bonds. The first-order chi connectivity index (χ1) is 16.7. The molecule has 0 saturated heterocycles.